The Morgan fingerprint density at radius 3 is 2.00 bits per heavy atom. The van der Waals surface area contributed by atoms with Crippen LogP contribution in [0, 0.1) is 13.8 Å². The van der Waals surface area contributed by atoms with Gasteiger partial charge in [0.1, 0.15) is 0 Å². The maximum Gasteiger partial charge on any atom is 0.252 e. The summed E-state index contributed by atoms with van der Waals surface area (Å²) in [7, 11) is 0. The van der Waals surface area contributed by atoms with Crippen LogP contribution in [0.3, 0.4) is 0 Å². The molecule has 200 valence electrons. The van der Waals surface area contributed by atoms with Gasteiger partial charge in [0.15, 0.2) is 0 Å². The van der Waals surface area contributed by atoms with Crippen molar-refractivity contribution >= 4 is 57.2 Å². The van der Waals surface area contributed by atoms with E-state index in [0.717, 1.165) is 0 Å². The molecule has 2 heterocycles. The number of anilines is 6. The molecule has 0 unspecified atom stereocenters. The number of para-hydroxylation sites is 3. The standard InChI is InChI=1S/C38H35BN2/c1-26-21-22-32-35(23-26)41(33-19-11-9-13-27(33)2)37-25-29(28-14-5-3-6-15-28)24-36-38(37)39(32)31-18-10-12-20-34(31)40(36)30-16-7-4-8-17-30/h4,7-13,16-25,28H,3,5-6,14-15H2,1-2H3. The van der Waals surface area contributed by atoms with Gasteiger partial charge in [0.25, 0.3) is 6.71 Å². The smallest absolute Gasteiger partial charge is 0.252 e. The van der Waals surface area contributed by atoms with Crippen LogP contribution in [0.15, 0.2) is 109 Å². The molecule has 0 amide bonds. The Balaban J connectivity index is 1.49. The zero-order chi connectivity index (χ0) is 27.5. The summed E-state index contributed by atoms with van der Waals surface area (Å²) >= 11 is 0. The molecule has 3 heteroatoms. The van der Waals surface area contributed by atoms with Crippen molar-refractivity contribution in [3.8, 4) is 0 Å². The van der Waals surface area contributed by atoms with E-state index < -0.39 is 0 Å². The summed E-state index contributed by atoms with van der Waals surface area (Å²) in [6, 6.07) is 41.2. The minimum absolute atomic E-state index is 0.187. The molecule has 1 saturated carbocycles. The summed E-state index contributed by atoms with van der Waals surface area (Å²) in [5.74, 6) is 0.608. The third-order valence-corrected chi connectivity index (χ3v) is 9.60. The fourth-order valence-corrected chi connectivity index (χ4v) is 7.68. The summed E-state index contributed by atoms with van der Waals surface area (Å²) < 4.78 is 0. The predicted octanol–water partition coefficient (Wildman–Crippen LogP) is 8.43. The topological polar surface area (TPSA) is 6.48 Å². The Bertz CT molecular complexity index is 1770. The van der Waals surface area contributed by atoms with Crippen LogP contribution in [-0.4, -0.2) is 6.71 Å². The first-order valence-electron chi connectivity index (χ1n) is 15.3. The molecule has 41 heavy (non-hydrogen) atoms. The van der Waals surface area contributed by atoms with E-state index in [2.05, 4.69) is 133 Å². The van der Waals surface area contributed by atoms with Crippen molar-refractivity contribution in [2.24, 2.45) is 0 Å². The second-order valence-corrected chi connectivity index (χ2v) is 12.2. The molecule has 0 radical (unpaired) electrons. The average molecular weight is 531 g/mol. The molecular weight excluding hydrogens is 495 g/mol. The van der Waals surface area contributed by atoms with Crippen LogP contribution in [-0.2, 0) is 0 Å². The number of benzene rings is 5. The molecule has 0 bridgehead atoms. The van der Waals surface area contributed by atoms with Gasteiger partial charge in [-0.15, -0.1) is 0 Å². The minimum Gasteiger partial charge on any atom is -0.311 e. The van der Waals surface area contributed by atoms with Crippen molar-refractivity contribution in [2.45, 2.75) is 51.9 Å². The molecule has 0 atom stereocenters. The number of aryl methyl sites for hydroxylation is 2. The lowest BCUT2D eigenvalue weighted by molar-refractivity contribution is 0.444. The molecule has 0 spiro atoms. The fraction of sp³-hybridized carbons (Fsp3) is 0.211. The molecule has 5 aromatic carbocycles. The van der Waals surface area contributed by atoms with Crippen LogP contribution >= 0.6 is 0 Å². The fourth-order valence-electron chi connectivity index (χ4n) is 7.68. The Hall–Kier alpha value is -4.24. The zero-order valence-corrected chi connectivity index (χ0v) is 24.0. The van der Waals surface area contributed by atoms with Gasteiger partial charge in [-0.25, -0.2) is 0 Å². The van der Waals surface area contributed by atoms with Gasteiger partial charge in [-0.2, -0.15) is 0 Å². The molecule has 2 aliphatic heterocycles. The zero-order valence-electron chi connectivity index (χ0n) is 24.0. The third-order valence-electron chi connectivity index (χ3n) is 9.60. The predicted molar refractivity (Wildman–Crippen MR) is 176 cm³/mol. The highest BCUT2D eigenvalue weighted by Gasteiger charge is 2.43. The summed E-state index contributed by atoms with van der Waals surface area (Å²) in [6.07, 6.45) is 6.58. The van der Waals surface area contributed by atoms with Crippen molar-refractivity contribution in [1.82, 2.24) is 0 Å². The van der Waals surface area contributed by atoms with E-state index in [0.29, 0.717) is 5.92 Å². The number of rotatable bonds is 3. The summed E-state index contributed by atoms with van der Waals surface area (Å²) in [5.41, 5.74) is 16.0. The first-order chi connectivity index (χ1) is 20.2. The first-order valence-corrected chi connectivity index (χ1v) is 15.3. The normalized spacial score (nSPS) is 15.8. The third kappa shape index (κ3) is 3.86. The number of hydrogen-bond acceptors (Lipinski definition) is 2. The molecule has 5 aromatic rings. The van der Waals surface area contributed by atoms with Gasteiger partial charge in [-0.05, 0) is 108 Å². The van der Waals surface area contributed by atoms with Gasteiger partial charge < -0.3 is 9.80 Å². The largest absolute Gasteiger partial charge is 0.311 e. The van der Waals surface area contributed by atoms with Crippen molar-refractivity contribution in [3.05, 3.63) is 126 Å². The maximum atomic E-state index is 2.58. The van der Waals surface area contributed by atoms with E-state index >= 15 is 0 Å². The van der Waals surface area contributed by atoms with Gasteiger partial charge in [0.05, 0.1) is 0 Å². The van der Waals surface area contributed by atoms with Gasteiger partial charge in [0.2, 0.25) is 0 Å². The summed E-state index contributed by atoms with van der Waals surface area (Å²) in [4.78, 5) is 5.11. The van der Waals surface area contributed by atoms with Crippen LogP contribution in [0.1, 0.15) is 54.7 Å². The molecular formula is C38H35BN2. The van der Waals surface area contributed by atoms with Crippen molar-refractivity contribution in [2.75, 3.05) is 9.80 Å². The highest BCUT2D eigenvalue weighted by Crippen LogP contribution is 2.47. The van der Waals surface area contributed by atoms with E-state index in [1.807, 2.05) is 0 Å². The molecule has 2 nitrogen and oxygen atoms in total. The number of hydrogen-bond donors (Lipinski definition) is 0. The Labute approximate surface area is 244 Å². The van der Waals surface area contributed by atoms with Crippen LogP contribution in [0.2, 0.25) is 0 Å². The second-order valence-electron chi connectivity index (χ2n) is 12.2. The Morgan fingerprint density at radius 1 is 0.561 bits per heavy atom. The summed E-state index contributed by atoms with van der Waals surface area (Å²) in [6.45, 7) is 4.66. The van der Waals surface area contributed by atoms with E-state index in [4.69, 9.17) is 0 Å². The lowest BCUT2D eigenvalue weighted by Crippen LogP contribution is -2.61. The van der Waals surface area contributed by atoms with Gasteiger partial charge >= 0.3 is 0 Å². The SMILES string of the molecule is Cc1ccc2c(c1)N(c1ccccc1C)c1cc(C3CCCCC3)cc3c1B2c1ccccc1N3c1ccccc1. The van der Waals surface area contributed by atoms with E-state index in [1.165, 1.54) is 99.3 Å². The van der Waals surface area contributed by atoms with Crippen LogP contribution in [0.4, 0.5) is 34.1 Å². The van der Waals surface area contributed by atoms with Crippen molar-refractivity contribution in [1.29, 1.82) is 0 Å². The van der Waals surface area contributed by atoms with Crippen molar-refractivity contribution < 1.29 is 0 Å². The second kappa shape index (κ2) is 9.70. The Kier molecular flexibility index (Phi) is 5.81. The van der Waals surface area contributed by atoms with Crippen molar-refractivity contribution in [3.63, 3.8) is 0 Å². The molecule has 0 N–H and O–H groups in total. The molecule has 8 rings (SSSR count). The molecule has 1 aliphatic carbocycles. The van der Waals surface area contributed by atoms with Gasteiger partial charge in [-0.1, -0.05) is 86.0 Å². The highest BCUT2D eigenvalue weighted by molar-refractivity contribution is 7.00. The number of nitrogens with zero attached hydrogens (tertiary/aromatic N) is 2. The molecule has 1 fully saturated rings. The first kappa shape index (κ1) is 24.6. The molecule has 3 aliphatic rings. The molecule has 0 saturated heterocycles. The van der Waals surface area contributed by atoms with E-state index in [1.54, 1.807) is 0 Å². The highest BCUT2D eigenvalue weighted by atomic mass is 15.2. The maximum absolute atomic E-state index is 2.58. The lowest BCUT2D eigenvalue weighted by atomic mass is 9.33. The Morgan fingerprint density at radius 2 is 1.22 bits per heavy atom. The lowest BCUT2D eigenvalue weighted by Gasteiger charge is -2.45. The van der Waals surface area contributed by atoms with E-state index in [9.17, 15) is 0 Å². The van der Waals surface area contributed by atoms with Crippen LogP contribution in [0.5, 0.6) is 0 Å². The van der Waals surface area contributed by atoms with E-state index in [-0.39, 0.29) is 6.71 Å². The quantitative estimate of drug-likeness (QED) is 0.212. The summed E-state index contributed by atoms with van der Waals surface area (Å²) in [5, 5.41) is 0. The van der Waals surface area contributed by atoms with Gasteiger partial charge in [0, 0.05) is 34.1 Å². The van der Waals surface area contributed by atoms with Crippen LogP contribution < -0.4 is 26.2 Å². The molecule has 0 aromatic heterocycles. The monoisotopic (exact) mass is 530 g/mol. The van der Waals surface area contributed by atoms with Crippen LogP contribution in [0.25, 0.3) is 0 Å². The minimum atomic E-state index is 0.187. The van der Waals surface area contributed by atoms with Gasteiger partial charge in [-0.3, -0.25) is 0 Å². The number of fused-ring (bicyclic) bond motifs is 4. The average Bonchev–Trinajstić information content (AvgIpc) is 3.02.